The van der Waals surface area contributed by atoms with E-state index in [0.29, 0.717) is 0 Å². The Bertz CT molecular complexity index is 332. The molecule has 0 bridgehead atoms. The molecule has 1 heterocycles. The maximum Gasteiger partial charge on any atom is 0.343 e. The van der Waals surface area contributed by atoms with E-state index in [-0.39, 0.29) is 11.4 Å². The van der Waals surface area contributed by atoms with Crippen molar-refractivity contribution in [1.29, 1.82) is 0 Å². The Labute approximate surface area is 90.4 Å². The normalized spacial score (nSPS) is 13.7. The van der Waals surface area contributed by atoms with Crippen LogP contribution in [0.15, 0.2) is 18.3 Å². The van der Waals surface area contributed by atoms with Crippen LogP contribution in [0.2, 0.25) is 0 Å². The SMILES string of the molecule is COc1cccnc1C(NN)C(F)(F)Cl. The second-order valence-electron chi connectivity index (χ2n) is 2.73. The Hall–Kier alpha value is -0.980. The van der Waals surface area contributed by atoms with Crippen LogP contribution in [0.3, 0.4) is 0 Å². The Morgan fingerprint density at radius 3 is 2.80 bits per heavy atom. The zero-order valence-electron chi connectivity index (χ0n) is 7.88. The van der Waals surface area contributed by atoms with E-state index in [1.165, 1.54) is 19.4 Å². The number of methoxy groups -OCH3 is 1. The molecule has 0 aliphatic heterocycles. The molecule has 3 N–H and O–H groups in total. The first-order valence-corrected chi connectivity index (χ1v) is 4.40. The molecule has 0 aromatic carbocycles. The third-order valence-corrected chi connectivity index (χ3v) is 2.01. The average molecular weight is 238 g/mol. The number of nitrogens with two attached hydrogens (primary N) is 1. The molecule has 0 amide bonds. The fourth-order valence-electron chi connectivity index (χ4n) is 1.12. The average Bonchev–Trinajstić information content (AvgIpc) is 2.17. The highest BCUT2D eigenvalue weighted by Crippen LogP contribution is 2.36. The standard InChI is InChI=1S/C8H10ClF2N3O/c1-15-5-3-2-4-13-6(5)7(14-12)8(9,10)11/h2-4,7,14H,12H2,1H3. The molecule has 0 aliphatic carbocycles. The summed E-state index contributed by atoms with van der Waals surface area (Å²) in [5.74, 6) is 5.20. The van der Waals surface area contributed by atoms with Crippen molar-refractivity contribution in [2.75, 3.05) is 7.11 Å². The van der Waals surface area contributed by atoms with Gasteiger partial charge in [-0.05, 0) is 23.7 Å². The molecule has 1 rings (SSSR count). The first-order chi connectivity index (χ1) is 7.00. The number of nitrogens with one attached hydrogen (secondary N) is 1. The number of nitrogens with zero attached hydrogens (tertiary/aromatic N) is 1. The summed E-state index contributed by atoms with van der Waals surface area (Å²) in [6, 6.07) is 1.45. The minimum atomic E-state index is -3.55. The maximum absolute atomic E-state index is 12.9. The minimum absolute atomic E-state index is 0.0394. The third-order valence-electron chi connectivity index (χ3n) is 1.79. The Morgan fingerprint density at radius 2 is 2.33 bits per heavy atom. The fraction of sp³-hybridized carbons (Fsp3) is 0.375. The van der Waals surface area contributed by atoms with Gasteiger partial charge in [-0.1, -0.05) is 0 Å². The van der Waals surface area contributed by atoms with E-state index in [2.05, 4.69) is 4.98 Å². The molecule has 1 atom stereocenters. The van der Waals surface area contributed by atoms with E-state index >= 15 is 0 Å². The first kappa shape index (κ1) is 12.1. The minimum Gasteiger partial charge on any atom is -0.495 e. The molecule has 0 radical (unpaired) electrons. The summed E-state index contributed by atoms with van der Waals surface area (Å²) in [5.41, 5.74) is 1.87. The van der Waals surface area contributed by atoms with Crippen LogP contribution in [0.4, 0.5) is 8.78 Å². The summed E-state index contributed by atoms with van der Waals surface area (Å²) >= 11 is 4.89. The fourth-order valence-corrected chi connectivity index (χ4v) is 1.29. The van der Waals surface area contributed by atoms with Gasteiger partial charge in [0, 0.05) is 6.20 Å². The zero-order valence-corrected chi connectivity index (χ0v) is 8.63. The van der Waals surface area contributed by atoms with Crippen LogP contribution < -0.4 is 16.0 Å². The van der Waals surface area contributed by atoms with Crippen molar-refractivity contribution in [3.63, 3.8) is 0 Å². The lowest BCUT2D eigenvalue weighted by Gasteiger charge is -2.21. The number of halogens is 3. The lowest BCUT2D eigenvalue weighted by Crippen LogP contribution is -2.38. The lowest BCUT2D eigenvalue weighted by atomic mass is 10.2. The van der Waals surface area contributed by atoms with Gasteiger partial charge in [-0.25, -0.2) is 5.43 Å². The van der Waals surface area contributed by atoms with Crippen molar-refractivity contribution < 1.29 is 13.5 Å². The highest BCUT2D eigenvalue weighted by atomic mass is 35.5. The number of hydrogen-bond acceptors (Lipinski definition) is 4. The van der Waals surface area contributed by atoms with E-state index in [0.717, 1.165) is 0 Å². The van der Waals surface area contributed by atoms with Crippen molar-refractivity contribution in [2.24, 2.45) is 5.84 Å². The molecule has 0 fully saturated rings. The smallest absolute Gasteiger partial charge is 0.343 e. The Balaban J connectivity index is 3.12. The van der Waals surface area contributed by atoms with Crippen LogP contribution in [-0.2, 0) is 0 Å². The molecule has 1 aromatic heterocycles. The summed E-state index contributed by atoms with van der Waals surface area (Å²) in [6.07, 6.45) is 1.35. The van der Waals surface area contributed by atoms with E-state index < -0.39 is 11.4 Å². The molecule has 84 valence electrons. The maximum atomic E-state index is 12.9. The Kier molecular flexibility index (Phi) is 3.78. The molecule has 0 aliphatic rings. The number of hydrazine groups is 1. The van der Waals surface area contributed by atoms with Crippen LogP contribution in [0.1, 0.15) is 11.7 Å². The van der Waals surface area contributed by atoms with Crippen LogP contribution in [0.25, 0.3) is 0 Å². The molecule has 1 aromatic rings. The van der Waals surface area contributed by atoms with Gasteiger partial charge >= 0.3 is 5.38 Å². The molecular weight excluding hydrogens is 228 g/mol. The third kappa shape index (κ3) is 2.74. The Morgan fingerprint density at radius 1 is 1.67 bits per heavy atom. The molecule has 15 heavy (non-hydrogen) atoms. The summed E-state index contributed by atoms with van der Waals surface area (Å²) in [5, 5.41) is -3.55. The van der Waals surface area contributed by atoms with Crippen LogP contribution >= 0.6 is 11.6 Å². The first-order valence-electron chi connectivity index (χ1n) is 4.02. The highest BCUT2D eigenvalue weighted by molar-refractivity contribution is 6.22. The molecule has 4 nitrogen and oxygen atoms in total. The lowest BCUT2D eigenvalue weighted by molar-refractivity contribution is 0.0470. The number of pyridine rings is 1. The van der Waals surface area contributed by atoms with Crippen molar-refractivity contribution >= 4 is 11.6 Å². The van der Waals surface area contributed by atoms with E-state index in [1.807, 2.05) is 5.43 Å². The molecular formula is C8H10ClF2N3O. The van der Waals surface area contributed by atoms with Gasteiger partial charge in [0.05, 0.1) is 7.11 Å². The van der Waals surface area contributed by atoms with Gasteiger partial charge < -0.3 is 4.74 Å². The van der Waals surface area contributed by atoms with E-state index in [4.69, 9.17) is 22.2 Å². The molecule has 0 spiro atoms. The van der Waals surface area contributed by atoms with Gasteiger partial charge in [-0.3, -0.25) is 10.8 Å². The predicted molar refractivity (Wildman–Crippen MR) is 51.7 cm³/mol. The van der Waals surface area contributed by atoms with Crippen molar-refractivity contribution in [3.8, 4) is 5.75 Å². The summed E-state index contributed by atoms with van der Waals surface area (Å²) in [7, 11) is 1.35. The van der Waals surface area contributed by atoms with E-state index in [9.17, 15) is 8.78 Å². The molecule has 1 unspecified atom stereocenters. The van der Waals surface area contributed by atoms with Crippen LogP contribution in [0.5, 0.6) is 5.75 Å². The van der Waals surface area contributed by atoms with Gasteiger partial charge in [-0.2, -0.15) is 8.78 Å². The number of alkyl halides is 3. The van der Waals surface area contributed by atoms with E-state index in [1.54, 1.807) is 6.07 Å². The molecule has 0 saturated heterocycles. The zero-order chi connectivity index (χ0) is 11.5. The highest BCUT2D eigenvalue weighted by Gasteiger charge is 2.40. The predicted octanol–water partition coefficient (Wildman–Crippen LogP) is 1.43. The number of hydrogen-bond donors (Lipinski definition) is 2. The van der Waals surface area contributed by atoms with Crippen molar-refractivity contribution in [1.82, 2.24) is 10.4 Å². The number of ether oxygens (including phenoxy) is 1. The number of rotatable bonds is 4. The quantitative estimate of drug-likeness (QED) is 0.473. The van der Waals surface area contributed by atoms with Gasteiger partial charge in [-0.15, -0.1) is 0 Å². The van der Waals surface area contributed by atoms with Gasteiger partial charge in [0.25, 0.3) is 0 Å². The van der Waals surface area contributed by atoms with Crippen molar-refractivity contribution in [2.45, 2.75) is 11.4 Å². The monoisotopic (exact) mass is 237 g/mol. The van der Waals surface area contributed by atoms with Crippen LogP contribution in [0, 0.1) is 0 Å². The molecule has 0 saturated carbocycles. The summed E-state index contributed by atoms with van der Waals surface area (Å²) in [4.78, 5) is 3.76. The van der Waals surface area contributed by atoms with Crippen LogP contribution in [-0.4, -0.2) is 17.5 Å². The second-order valence-corrected chi connectivity index (χ2v) is 3.24. The molecule has 7 heteroatoms. The van der Waals surface area contributed by atoms with Crippen molar-refractivity contribution in [3.05, 3.63) is 24.0 Å². The summed E-state index contributed by atoms with van der Waals surface area (Å²) < 4.78 is 30.7. The van der Waals surface area contributed by atoms with Gasteiger partial charge in [0.1, 0.15) is 17.5 Å². The van der Waals surface area contributed by atoms with Gasteiger partial charge in [0.2, 0.25) is 0 Å². The second kappa shape index (κ2) is 4.69. The topological polar surface area (TPSA) is 60.2 Å². The van der Waals surface area contributed by atoms with Gasteiger partial charge in [0.15, 0.2) is 0 Å². The number of aromatic nitrogens is 1. The largest absolute Gasteiger partial charge is 0.495 e. The summed E-state index contributed by atoms with van der Waals surface area (Å²) in [6.45, 7) is 0.